The largest absolute Gasteiger partial charge is 0.488 e. The Morgan fingerprint density at radius 1 is 1.12 bits per heavy atom. The number of likely N-dealkylation sites (N-methyl/N-ethyl adjacent to an activating group) is 1. The van der Waals surface area contributed by atoms with Crippen molar-refractivity contribution in [3.05, 3.63) is 83.7 Å². The van der Waals surface area contributed by atoms with Crippen molar-refractivity contribution in [3.8, 4) is 5.75 Å². The predicted molar refractivity (Wildman–Crippen MR) is 168 cm³/mol. The fourth-order valence-corrected chi connectivity index (χ4v) is 7.44. The average molecular weight is 623 g/mol. The first kappa shape index (κ1) is 30.5. The molecule has 12 heteroatoms. The Labute approximate surface area is 254 Å². The number of hydrogen-bond acceptors (Lipinski definition) is 7. The van der Waals surface area contributed by atoms with Crippen molar-refractivity contribution in [2.75, 3.05) is 37.4 Å². The Hall–Kier alpha value is -3.97. The van der Waals surface area contributed by atoms with Crippen LogP contribution in [0.15, 0.2) is 82.4 Å². The number of rotatable bonds is 8. The van der Waals surface area contributed by atoms with Gasteiger partial charge in [0.25, 0.3) is 15.9 Å². The summed E-state index contributed by atoms with van der Waals surface area (Å²) >= 11 is 1.14. The molecule has 0 aliphatic carbocycles. The maximum atomic E-state index is 13.8. The highest BCUT2D eigenvalue weighted by Crippen LogP contribution is 2.32. The summed E-state index contributed by atoms with van der Waals surface area (Å²) in [5, 5.41) is 19.2. The zero-order valence-electron chi connectivity index (χ0n) is 24.1. The molecular formula is C31H34N4O6S2. The number of thiophene rings is 1. The number of nitrogens with one attached hydrogen (secondary N) is 2. The van der Waals surface area contributed by atoms with Crippen LogP contribution in [0, 0.1) is 5.92 Å². The van der Waals surface area contributed by atoms with E-state index in [1.54, 1.807) is 41.5 Å². The molecule has 1 aliphatic rings. The summed E-state index contributed by atoms with van der Waals surface area (Å²) in [6, 6.07) is 20.4. The van der Waals surface area contributed by atoms with E-state index in [1.807, 2.05) is 49.4 Å². The molecule has 3 N–H and O–H groups in total. The van der Waals surface area contributed by atoms with Crippen LogP contribution >= 0.6 is 11.3 Å². The van der Waals surface area contributed by atoms with E-state index >= 15 is 0 Å². The summed E-state index contributed by atoms with van der Waals surface area (Å²) in [6.45, 7) is 3.66. The van der Waals surface area contributed by atoms with E-state index in [2.05, 4.69) is 10.6 Å². The molecule has 10 nitrogen and oxygen atoms in total. The van der Waals surface area contributed by atoms with E-state index < -0.39 is 28.2 Å². The number of amides is 3. The zero-order valence-corrected chi connectivity index (χ0v) is 25.7. The van der Waals surface area contributed by atoms with Crippen molar-refractivity contribution in [2.24, 2.45) is 5.92 Å². The number of ether oxygens (including phenoxy) is 1. The number of carbonyl (C=O) groups is 2. The topological polar surface area (TPSA) is 128 Å². The van der Waals surface area contributed by atoms with Gasteiger partial charge in [-0.05, 0) is 48.0 Å². The molecule has 1 aliphatic heterocycles. The Bertz CT molecular complexity index is 1720. The van der Waals surface area contributed by atoms with Crippen LogP contribution < -0.4 is 15.4 Å². The van der Waals surface area contributed by atoms with E-state index in [0.29, 0.717) is 11.4 Å². The highest BCUT2D eigenvalue weighted by molar-refractivity contribution is 7.91. The summed E-state index contributed by atoms with van der Waals surface area (Å²) < 4.78 is 34.1. The SMILES string of the molecule is C[C@H](CO)N1C[C@H](C)[C@H](CN(C)S(=O)(=O)c2cccs2)Oc2ccc(NC(=O)Nc3cccc4ccccc34)cc2C1=O. The molecular weight excluding hydrogens is 588 g/mol. The van der Waals surface area contributed by atoms with Gasteiger partial charge in [0.1, 0.15) is 16.1 Å². The molecule has 5 rings (SSSR count). The fraction of sp³-hybridized carbons (Fsp3) is 0.290. The number of aliphatic hydroxyl groups excluding tert-OH is 1. The van der Waals surface area contributed by atoms with Crippen LogP contribution in [0.25, 0.3) is 10.8 Å². The fourth-order valence-electron chi connectivity index (χ4n) is 5.05. The van der Waals surface area contributed by atoms with Gasteiger partial charge < -0.3 is 25.4 Å². The lowest BCUT2D eigenvalue weighted by Crippen LogP contribution is -2.50. The Balaban J connectivity index is 1.41. The van der Waals surface area contributed by atoms with Crippen LogP contribution in [-0.2, 0) is 10.0 Å². The molecule has 2 heterocycles. The van der Waals surface area contributed by atoms with Crippen molar-refractivity contribution in [1.29, 1.82) is 0 Å². The summed E-state index contributed by atoms with van der Waals surface area (Å²) in [5.74, 6) is -0.366. The number of anilines is 2. The minimum atomic E-state index is -3.73. The molecule has 43 heavy (non-hydrogen) atoms. The van der Waals surface area contributed by atoms with Crippen molar-refractivity contribution >= 4 is 55.4 Å². The first-order valence-electron chi connectivity index (χ1n) is 13.9. The van der Waals surface area contributed by atoms with Crippen molar-refractivity contribution in [1.82, 2.24) is 9.21 Å². The maximum absolute atomic E-state index is 13.8. The first-order chi connectivity index (χ1) is 20.6. The number of nitrogens with zero attached hydrogens (tertiary/aromatic N) is 2. The van der Waals surface area contributed by atoms with Gasteiger partial charge in [0.15, 0.2) is 0 Å². The molecule has 4 aromatic rings. The number of aliphatic hydroxyl groups is 1. The normalized spacial score (nSPS) is 18.0. The second-order valence-corrected chi connectivity index (χ2v) is 13.9. The van der Waals surface area contributed by atoms with E-state index in [4.69, 9.17) is 4.74 Å². The van der Waals surface area contributed by atoms with Crippen LogP contribution in [0.4, 0.5) is 16.2 Å². The average Bonchev–Trinajstić information content (AvgIpc) is 3.55. The third kappa shape index (κ3) is 6.52. The molecule has 226 valence electrons. The molecule has 0 saturated carbocycles. The van der Waals surface area contributed by atoms with Gasteiger partial charge in [-0.25, -0.2) is 13.2 Å². The third-order valence-corrected chi connectivity index (χ3v) is 10.8. The monoisotopic (exact) mass is 622 g/mol. The number of fused-ring (bicyclic) bond motifs is 2. The smallest absolute Gasteiger partial charge is 0.323 e. The van der Waals surface area contributed by atoms with Gasteiger partial charge in [-0.15, -0.1) is 11.3 Å². The van der Waals surface area contributed by atoms with Crippen molar-refractivity contribution in [3.63, 3.8) is 0 Å². The van der Waals surface area contributed by atoms with Crippen molar-refractivity contribution < 1.29 is 27.9 Å². The predicted octanol–water partition coefficient (Wildman–Crippen LogP) is 5.09. The molecule has 0 saturated heterocycles. The van der Waals surface area contributed by atoms with E-state index in [9.17, 15) is 23.1 Å². The molecule has 0 radical (unpaired) electrons. The maximum Gasteiger partial charge on any atom is 0.323 e. The molecule has 0 unspecified atom stereocenters. The van der Waals surface area contributed by atoms with Crippen LogP contribution in [0.3, 0.4) is 0 Å². The quantitative estimate of drug-likeness (QED) is 0.251. The van der Waals surface area contributed by atoms with Gasteiger partial charge in [-0.3, -0.25) is 4.79 Å². The first-order valence-corrected chi connectivity index (χ1v) is 16.2. The van der Waals surface area contributed by atoms with Crippen LogP contribution in [0.5, 0.6) is 5.75 Å². The number of urea groups is 1. The second-order valence-electron chi connectivity index (χ2n) is 10.7. The van der Waals surface area contributed by atoms with Gasteiger partial charge >= 0.3 is 6.03 Å². The van der Waals surface area contributed by atoms with Gasteiger partial charge in [-0.2, -0.15) is 4.31 Å². The molecule has 3 amide bonds. The van der Waals surface area contributed by atoms with E-state index in [1.165, 1.54) is 17.4 Å². The third-order valence-electron chi connectivity index (χ3n) is 7.56. The van der Waals surface area contributed by atoms with Gasteiger partial charge in [-0.1, -0.05) is 49.4 Å². The molecule has 0 fully saturated rings. The molecule has 0 spiro atoms. The minimum Gasteiger partial charge on any atom is -0.488 e. The standard InChI is InChI=1S/C31H34N4O6S2/c1-20-17-35(21(2)19-36)30(37)25-16-23(32-31(38)33-26-11-6-9-22-8-4-5-10-24(22)26)13-14-27(25)41-28(20)18-34(3)43(39,40)29-12-7-15-42-29/h4-16,20-21,28,36H,17-19H2,1-3H3,(H2,32,33,38)/t20-,21+,28-/m0/s1. The van der Waals surface area contributed by atoms with Crippen LogP contribution in [-0.4, -0.2) is 73.6 Å². The summed E-state index contributed by atoms with van der Waals surface area (Å²) in [4.78, 5) is 28.3. The summed E-state index contributed by atoms with van der Waals surface area (Å²) in [7, 11) is -2.22. The molecule has 1 aromatic heterocycles. The Kier molecular flexibility index (Phi) is 9.02. The zero-order chi connectivity index (χ0) is 30.7. The van der Waals surface area contributed by atoms with E-state index in [0.717, 1.165) is 22.1 Å². The van der Waals surface area contributed by atoms with Crippen LogP contribution in [0.1, 0.15) is 24.2 Å². The van der Waals surface area contributed by atoms with Crippen LogP contribution in [0.2, 0.25) is 0 Å². The highest BCUT2D eigenvalue weighted by atomic mass is 32.2. The Morgan fingerprint density at radius 3 is 2.63 bits per heavy atom. The highest BCUT2D eigenvalue weighted by Gasteiger charge is 2.35. The van der Waals surface area contributed by atoms with Gasteiger partial charge in [0.2, 0.25) is 0 Å². The number of benzene rings is 3. The van der Waals surface area contributed by atoms with Gasteiger partial charge in [0.05, 0.1) is 30.4 Å². The minimum absolute atomic E-state index is 0.0455. The molecule has 3 aromatic carbocycles. The van der Waals surface area contributed by atoms with E-state index in [-0.39, 0.29) is 47.0 Å². The number of hydrogen-bond donors (Lipinski definition) is 3. The number of carbonyl (C=O) groups excluding carboxylic acids is 2. The molecule has 3 atom stereocenters. The lowest BCUT2D eigenvalue weighted by molar-refractivity contribution is 0.0387. The Morgan fingerprint density at radius 2 is 1.88 bits per heavy atom. The van der Waals surface area contributed by atoms with Gasteiger partial charge in [0, 0.05) is 30.6 Å². The molecule has 0 bridgehead atoms. The lowest BCUT2D eigenvalue weighted by atomic mass is 9.99. The summed E-state index contributed by atoms with van der Waals surface area (Å²) in [5.41, 5.74) is 1.21. The second kappa shape index (κ2) is 12.7. The van der Waals surface area contributed by atoms with Crippen molar-refractivity contribution in [2.45, 2.75) is 30.2 Å². The summed E-state index contributed by atoms with van der Waals surface area (Å²) in [6.07, 6.45) is -0.603. The lowest BCUT2D eigenvalue weighted by Gasteiger charge is -2.38. The number of sulfonamides is 1.